The van der Waals surface area contributed by atoms with Gasteiger partial charge in [0.1, 0.15) is 6.17 Å². The number of carbonyl (C=O) groups is 2. The van der Waals surface area contributed by atoms with E-state index in [0.29, 0.717) is 50.3 Å². The van der Waals surface area contributed by atoms with Crippen LogP contribution < -0.4 is 25.0 Å². The van der Waals surface area contributed by atoms with Gasteiger partial charge in [-0.15, -0.1) is 0 Å². The second-order valence-corrected chi connectivity index (χ2v) is 9.36. The number of hydrogen-bond acceptors (Lipinski definition) is 10. The number of carbonyl (C=O) groups excluding carboxylic acids is 2. The molecule has 2 N–H and O–H groups in total. The van der Waals surface area contributed by atoms with E-state index in [9.17, 15) is 14.0 Å². The third-order valence-corrected chi connectivity index (χ3v) is 6.57. The number of amides is 3. The summed E-state index contributed by atoms with van der Waals surface area (Å²) < 4.78 is 24.8. The second kappa shape index (κ2) is 12.6. The van der Waals surface area contributed by atoms with Crippen molar-refractivity contribution in [3.05, 3.63) is 24.7 Å². The summed E-state index contributed by atoms with van der Waals surface area (Å²) in [6.07, 6.45) is 4.60. The summed E-state index contributed by atoms with van der Waals surface area (Å²) >= 11 is 0. The molecule has 2 aromatic heterocycles. The number of nitrogens with one attached hydrogen (secondary N) is 2. The van der Waals surface area contributed by atoms with Crippen LogP contribution in [0, 0.1) is 0 Å². The molecule has 2 aliphatic heterocycles. The zero-order valence-electron chi connectivity index (χ0n) is 21.8. The maximum Gasteiger partial charge on any atom is 0.414 e. The highest BCUT2D eigenvalue weighted by molar-refractivity contribution is 5.88. The lowest BCUT2D eigenvalue weighted by atomic mass is 10.0. The van der Waals surface area contributed by atoms with Crippen LogP contribution in [0.4, 0.5) is 25.7 Å². The lowest BCUT2D eigenvalue weighted by Gasteiger charge is -2.37. The summed E-state index contributed by atoms with van der Waals surface area (Å²) in [5.74, 6) is 1.16. The molecule has 0 saturated carbocycles. The number of likely N-dealkylation sites (N-methyl/N-ethyl adjacent to an activating group) is 1. The highest BCUT2D eigenvalue weighted by atomic mass is 19.1. The highest BCUT2D eigenvalue weighted by Crippen LogP contribution is 2.22. The number of anilines is 2. The highest BCUT2D eigenvalue weighted by Gasteiger charge is 2.30. The van der Waals surface area contributed by atoms with Crippen LogP contribution in [0.5, 0.6) is 11.8 Å². The molecule has 3 amide bonds. The lowest BCUT2D eigenvalue weighted by Crippen LogP contribution is -2.52. The van der Waals surface area contributed by atoms with Crippen LogP contribution >= 0.6 is 0 Å². The van der Waals surface area contributed by atoms with Crippen molar-refractivity contribution in [2.24, 2.45) is 0 Å². The van der Waals surface area contributed by atoms with E-state index >= 15 is 0 Å². The topological polar surface area (TPSA) is 138 Å². The summed E-state index contributed by atoms with van der Waals surface area (Å²) in [6.45, 7) is 4.46. The zero-order valence-corrected chi connectivity index (χ0v) is 21.8. The van der Waals surface area contributed by atoms with Gasteiger partial charge in [-0.3, -0.25) is 5.32 Å². The summed E-state index contributed by atoms with van der Waals surface area (Å²) in [4.78, 5) is 47.6. The normalized spacial score (nSPS) is 21.9. The van der Waals surface area contributed by atoms with Crippen molar-refractivity contribution in [3.8, 4) is 11.8 Å². The Balaban J connectivity index is 1.31. The molecule has 0 bridgehead atoms. The molecule has 38 heavy (non-hydrogen) atoms. The van der Waals surface area contributed by atoms with E-state index in [1.54, 1.807) is 11.9 Å². The number of aromatic nitrogens is 4. The van der Waals surface area contributed by atoms with Crippen LogP contribution in [0.1, 0.15) is 26.2 Å². The maximum absolute atomic E-state index is 14.2. The van der Waals surface area contributed by atoms with Gasteiger partial charge < -0.3 is 29.5 Å². The van der Waals surface area contributed by atoms with E-state index in [1.165, 1.54) is 24.7 Å². The van der Waals surface area contributed by atoms with Crippen molar-refractivity contribution in [1.29, 1.82) is 0 Å². The fraction of sp³-hybridized carbons (Fsp3) is 0.583. The molecular formula is C24H34FN9O4. The summed E-state index contributed by atoms with van der Waals surface area (Å²) in [5, 5.41) is 5.34. The van der Waals surface area contributed by atoms with Gasteiger partial charge in [0.2, 0.25) is 17.7 Å². The van der Waals surface area contributed by atoms with Crippen molar-refractivity contribution in [2.75, 3.05) is 57.1 Å². The van der Waals surface area contributed by atoms with Crippen molar-refractivity contribution in [1.82, 2.24) is 35.1 Å². The second-order valence-electron chi connectivity index (χ2n) is 9.36. The largest absolute Gasteiger partial charge is 0.477 e. The van der Waals surface area contributed by atoms with Gasteiger partial charge in [0.05, 0.1) is 31.1 Å². The van der Waals surface area contributed by atoms with Gasteiger partial charge in [-0.25, -0.2) is 28.9 Å². The molecule has 3 atom stereocenters. The minimum atomic E-state index is -1.16. The fourth-order valence-corrected chi connectivity index (χ4v) is 4.46. The molecule has 206 valence electrons. The third-order valence-electron chi connectivity index (χ3n) is 6.57. The smallest absolute Gasteiger partial charge is 0.414 e. The van der Waals surface area contributed by atoms with Crippen LogP contribution in [0.25, 0.3) is 0 Å². The predicted octanol–water partition coefficient (Wildman–Crippen LogP) is 1.93. The first-order valence-corrected chi connectivity index (χ1v) is 12.7. The van der Waals surface area contributed by atoms with Gasteiger partial charge in [0.15, 0.2) is 5.82 Å². The molecule has 14 heteroatoms. The molecule has 0 aromatic carbocycles. The van der Waals surface area contributed by atoms with Gasteiger partial charge >= 0.3 is 12.1 Å². The number of halogens is 1. The molecule has 4 rings (SSSR count). The Morgan fingerprint density at radius 2 is 2.00 bits per heavy atom. The Bertz CT molecular complexity index is 1090. The standard InChI is InChI=1S/C24H34FN9O4/c1-4-37-21-13-27-19(12-28-21)30-23(35)33(3)16-6-5-10-34(14-16)22-26-9-7-20(31-22)38-24(36)29-18-8-11-32(2)15-17(18)25/h7,9,12-13,16-18H,4-6,8,10-11,14-15H2,1-3H3,(H,29,36)(H,27,30,35)/t16-,17+,18-/m1/s1. The number of alkyl halides is 1. The monoisotopic (exact) mass is 531 g/mol. The Morgan fingerprint density at radius 1 is 1.16 bits per heavy atom. The number of likely N-dealkylation sites (tertiary alicyclic amines) is 1. The molecule has 0 radical (unpaired) electrons. The predicted molar refractivity (Wildman–Crippen MR) is 137 cm³/mol. The molecule has 2 saturated heterocycles. The van der Waals surface area contributed by atoms with E-state index in [2.05, 4.69) is 30.6 Å². The molecule has 0 aliphatic carbocycles. The zero-order chi connectivity index (χ0) is 27.1. The van der Waals surface area contributed by atoms with Gasteiger partial charge in [-0.1, -0.05) is 0 Å². The molecule has 4 heterocycles. The first-order chi connectivity index (χ1) is 18.3. The van der Waals surface area contributed by atoms with Gasteiger partial charge in [-0.2, -0.15) is 4.98 Å². The quantitative estimate of drug-likeness (QED) is 0.545. The Kier molecular flexibility index (Phi) is 9.05. The van der Waals surface area contributed by atoms with E-state index in [1.807, 2.05) is 23.8 Å². The first-order valence-electron chi connectivity index (χ1n) is 12.7. The first kappa shape index (κ1) is 27.2. The minimum absolute atomic E-state index is 0.0677. The number of ether oxygens (including phenoxy) is 2. The lowest BCUT2D eigenvalue weighted by molar-refractivity contribution is 0.117. The van der Waals surface area contributed by atoms with Crippen LogP contribution in [-0.4, -0.2) is 107 Å². The number of hydrogen-bond donors (Lipinski definition) is 2. The van der Waals surface area contributed by atoms with Crippen molar-refractivity contribution in [3.63, 3.8) is 0 Å². The summed E-state index contributed by atoms with van der Waals surface area (Å²) in [6, 6.07) is 0.453. The summed E-state index contributed by atoms with van der Waals surface area (Å²) in [5.41, 5.74) is 0. The van der Waals surface area contributed by atoms with Crippen molar-refractivity contribution >= 4 is 23.9 Å². The molecule has 2 fully saturated rings. The third kappa shape index (κ3) is 7.15. The van der Waals surface area contributed by atoms with Gasteiger partial charge in [-0.05, 0) is 33.2 Å². The average molecular weight is 532 g/mol. The number of nitrogens with zero attached hydrogens (tertiary/aromatic N) is 7. The SMILES string of the molecule is CCOc1cnc(NC(=O)N(C)[C@@H]2CCCN(c3nccc(OC(=O)N[C@@H]4CCN(C)C[C@@H]4F)n3)C2)cn1. The molecule has 2 aliphatic rings. The fourth-order valence-electron chi connectivity index (χ4n) is 4.46. The number of urea groups is 1. The summed E-state index contributed by atoms with van der Waals surface area (Å²) in [7, 11) is 3.56. The molecule has 13 nitrogen and oxygen atoms in total. The van der Waals surface area contributed by atoms with Crippen molar-refractivity contribution < 1.29 is 23.5 Å². The van der Waals surface area contributed by atoms with E-state index in [-0.39, 0.29) is 24.5 Å². The van der Waals surface area contributed by atoms with Crippen LogP contribution in [-0.2, 0) is 0 Å². The Hall–Kier alpha value is -3.81. The number of piperidine rings is 2. The Labute approximate surface area is 220 Å². The maximum atomic E-state index is 14.2. The molecular weight excluding hydrogens is 497 g/mol. The van der Waals surface area contributed by atoms with E-state index < -0.39 is 18.3 Å². The minimum Gasteiger partial charge on any atom is -0.477 e. The van der Waals surface area contributed by atoms with Crippen LogP contribution in [0.2, 0.25) is 0 Å². The van der Waals surface area contributed by atoms with E-state index in [4.69, 9.17) is 9.47 Å². The van der Waals surface area contributed by atoms with Crippen LogP contribution in [0.3, 0.4) is 0 Å². The van der Waals surface area contributed by atoms with Gasteiger partial charge in [0, 0.05) is 45.5 Å². The Morgan fingerprint density at radius 3 is 2.74 bits per heavy atom. The van der Waals surface area contributed by atoms with E-state index in [0.717, 1.165) is 12.8 Å². The number of rotatable bonds is 7. The van der Waals surface area contributed by atoms with Gasteiger partial charge in [0.25, 0.3) is 0 Å². The molecule has 2 aromatic rings. The van der Waals surface area contributed by atoms with Crippen LogP contribution in [0.15, 0.2) is 24.7 Å². The van der Waals surface area contributed by atoms with Crippen molar-refractivity contribution in [2.45, 2.75) is 44.4 Å². The average Bonchev–Trinajstić information content (AvgIpc) is 2.91. The molecule has 0 spiro atoms. The molecule has 0 unspecified atom stereocenters.